The van der Waals surface area contributed by atoms with Gasteiger partial charge in [0.1, 0.15) is 29.0 Å². The summed E-state index contributed by atoms with van der Waals surface area (Å²) in [5.74, 6) is 0.534. The number of nitriles is 1. The minimum Gasteiger partial charge on any atom is -0.492 e. The number of hydrogen-bond acceptors (Lipinski definition) is 6. The first kappa shape index (κ1) is 18.1. The number of thiazole rings is 1. The molecule has 134 valence electrons. The number of hydrogen-bond donors (Lipinski definition) is 1. The minimum atomic E-state index is -0.260. The molecule has 2 heterocycles. The summed E-state index contributed by atoms with van der Waals surface area (Å²) in [6.45, 7) is 3.49. The maximum atomic E-state index is 12.9. The second kappa shape index (κ2) is 8.13. The summed E-state index contributed by atoms with van der Waals surface area (Å²) in [5, 5.41) is 11.9. The standard InChI is InChI=1S/C19H20N4O2S/c1-13-17-3-2-16(25-8-5-20)10-14(17)4-7-23(13)19(24)15(12-21)11-18-22-6-9-26-18/h2-3,6,9-11,13H,4-5,7-8,20H2,1H3. The molecule has 1 amide bonds. The molecule has 0 aliphatic carbocycles. The summed E-state index contributed by atoms with van der Waals surface area (Å²) in [6, 6.07) is 7.81. The van der Waals surface area contributed by atoms with Crippen molar-refractivity contribution >= 4 is 23.3 Å². The molecule has 0 fully saturated rings. The summed E-state index contributed by atoms with van der Waals surface area (Å²) >= 11 is 1.40. The topological polar surface area (TPSA) is 92.2 Å². The van der Waals surface area contributed by atoms with Gasteiger partial charge in [0.25, 0.3) is 5.91 Å². The van der Waals surface area contributed by atoms with Crippen LogP contribution in [-0.4, -0.2) is 35.5 Å². The van der Waals surface area contributed by atoms with Crippen molar-refractivity contribution in [1.29, 1.82) is 5.26 Å². The number of rotatable bonds is 5. The normalized spacial score (nSPS) is 16.7. The molecular formula is C19H20N4O2S. The molecule has 1 aliphatic heterocycles. The van der Waals surface area contributed by atoms with Crippen molar-refractivity contribution in [1.82, 2.24) is 9.88 Å². The number of amides is 1. The lowest BCUT2D eigenvalue weighted by molar-refractivity contribution is -0.129. The zero-order valence-electron chi connectivity index (χ0n) is 14.5. The van der Waals surface area contributed by atoms with Crippen molar-refractivity contribution in [2.45, 2.75) is 19.4 Å². The van der Waals surface area contributed by atoms with E-state index >= 15 is 0 Å². The van der Waals surface area contributed by atoms with E-state index in [1.807, 2.05) is 36.6 Å². The van der Waals surface area contributed by atoms with Crippen LogP contribution in [0.3, 0.4) is 0 Å². The molecule has 2 aromatic rings. The average molecular weight is 368 g/mol. The molecule has 1 unspecified atom stereocenters. The number of aromatic nitrogens is 1. The van der Waals surface area contributed by atoms with Crippen LogP contribution >= 0.6 is 11.3 Å². The minimum absolute atomic E-state index is 0.108. The van der Waals surface area contributed by atoms with Gasteiger partial charge in [0, 0.05) is 24.7 Å². The molecule has 1 aliphatic rings. The Kier molecular flexibility index (Phi) is 5.66. The Morgan fingerprint density at radius 1 is 1.58 bits per heavy atom. The average Bonchev–Trinajstić information content (AvgIpc) is 3.17. The first-order chi connectivity index (χ1) is 12.6. The van der Waals surface area contributed by atoms with Crippen molar-refractivity contribution in [2.24, 2.45) is 5.73 Å². The maximum absolute atomic E-state index is 12.9. The second-order valence-electron chi connectivity index (χ2n) is 5.96. The zero-order chi connectivity index (χ0) is 18.5. The summed E-state index contributed by atoms with van der Waals surface area (Å²) in [4.78, 5) is 18.7. The Hall–Kier alpha value is -2.69. The van der Waals surface area contributed by atoms with E-state index in [1.54, 1.807) is 17.2 Å². The molecule has 7 heteroatoms. The molecule has 1 aromatic heterocycles. The molecule has 0 bridgehead atoms. The molecule has 1 aromatic carbocycles. The SMILES string of the molecule is CC1c2ccc(OCCN)cc2CCN1C(=O)C(C#N)=Cc1nccs1. The Balaban J connectivity index is 1.81. The highest BCUT2D eigenvalue weighted by molar-refractivity contribution is 7.10. The molecule has 6 nitrogen and oxygen atoms in total. The lowest BCUT2D eigenvalue weighted by Gasteiger charge is -2.35. The number of carbonyl (C=O) groups excluding carboxylic acids is 1. The third-order valence-electron chi connectivity index (χ3n) is 4.37. The third-order valence-corrected chi connectivity index (χ3v) is 5.09. The monoisotopic (exact) mass is 368 g/mol. The van der Waals surface area contributed by atoms with Gasteiger partial charge in [-0.15, -0.1) is 11.3 Å². The molecule has 0 saturated heterocycles. The van der Waals surface area contributed by atoms with Crippen molar-refractivity contribution in [3.63, 3.8) is 0 Å². The third kappa shape index (κ3) is 3.77. The number of carbonyl (C=O) groups is 1. The van der Waals surface area contributed by atoms with Crippen LogP contribution in [0, 0.1) is 11.3 Å². The summed E-state index contributed by atoms with van der Waals surface area (Å²) < 4.78 is 5.58. The van der Waals surface area contributed by atoms with Crippen molar-refractivity contribution in [3.05, 3.63) is 51.5 Å². The first-order valence-electron chi connectivity index (χ1n) is 8.42. The molecular weight excluding hydrogens is 348 g/mol. The lowest BCUT2D eigenvalue weighted by atomic mass is 9.92. The van der Waals surface area contributed by atoms with Gasteiger partial charge >= 0.3 is 0 Å². The van der Waals surface area contributed by atoms with E-state index in [2.05, 4.69) is 4.98 Å². The molecule has 2 N–H and O–H groups in total. The van der Waals surface area contributed by atoms with Gasteiger partial charge in [-0.25, -0.2) is 4.98 Å². The van der Waals surface area contributed by atoms with Crippen LogP contribution in [0.5, 0.6) is 5.75 Å². The van der Waals surface area contributed by atoms with Crippen LogP contribution in [0.15, 0.2) is 35.3 Å². The van der Waals surface area contributed by atoms with E-state index in [0.717, 1.165) is 17.7 Å². The van der Waals surface area contributed by atoms with Crippen molar-refractivity contribution < 1.29 is 9.53 Å². The molecule has 1 atom stereocenters. The molecule has 0 spiro atoms. The largest absolute Gasteiger partial charge is 0.492 e. The van der Waals surface area contributed by atoms with E-state index in [-0.39, 0.29) is 17.5 Å². The molecule has 3 rings (SSSR count). The summed E-state index contributed by atoms with van der Waals surface area (Å²) in [6.07, 6.45) is 3.93. The fourth-order valence-electron chi connectivity index (χ4n) is 3.08. The first-order valence-corrected chi connectivity index (χ1v) is 9.30. The number of fused-ring (bicyclic) bond motifs is 1. The van der Waals surface area contributed by atoms with Gasteiger partial charge < -0.3 is 15.4 Å². The highest BCUT2D eigenvalue weighted by Gasteiger charge is 2.29. The number of nitrogens with two attached hydrogens (primary N) is 1. The predicted octanol–water partition coefficient (Wildman–Crippen LogP) is 2.53. The Morgan fingerprint density at radius 3 is 3.12 bits per heavy atom. The zero-order valence-corrected chi connectivity index (χ0v) is 15.3. The van der Waals surface area contributed by atoms with Gasteiger partial charge in [-0.1, -0.05) is 6.07 Å². The lowest BCUT2D eigenvalue weighted by Crippen LogP contribution is -2.39. The van der Waals surface area contributed by atoms with E-state index in [1.165, 1.54) is 16.9 Å². The van der Waals surface area contributed by atoms with E-state index in [0.29, 0.717) is 24.7 Å². The number of ether oxygens (including phenoxy) is 1. The van der Waals surface area contributed by atoms with Crippen LogP contribution in [0.4, 0.5) is 0 Å². The highest BCUT2D eigenvalue weighted by Crippen LogP contribution is 2.32. The highest BCUT2D eigenvalue weighted by atomic mass is 32.1. The maximum Gasteiger partial charge on any atom is 0.265 e. The Bertz CT molecular complexity index is 855. The van der Waals surface area contributed by atoms with Gasteiger partial charge in [-0.2, -0.15) is 5.26 Å². The van der Waals surface area contributed by atoms with Crippen molar-refractivity contribution in [2.75, 3.05) is 19.7 Å². The smallest absolute Gasteiger partial charge is 0.265 e. The van der Waals surface area contributed by atoms with E-state index in [9.17, 15) is 10.1 Å². The summed E-state index contributed by atoms with van der Waals surface area (Å²) in [7, 11) is 0. The van der Waals surface area contributed by atoms with Crippen LogP contribution in [0.1, 0.15) is 29.1 Å². The molecule has 0 saturated carbocycles. The fourth-order valence-corrected chi connectivity index (χ4v) is 3.65. The number of nitrogens with zero attached hydrogens (tertiary/aromatic N) is 3. The predicted molar refractivity (Wildman–Crippen MR) is 101 cm³/mol. The van der Waals surface area contributed by atoms with E-state index < -0.39 is 0 Å². The van der Waals surface area contributed by atoms with E-state index in [4.69, 9.17) is 10.5 Å². The second-order valence-corrected chi connectivity index (χ2v) is 6.89. The van der Waals surface area contributed by atoms with Gasteiger partial charge in [0.15, 0.2) is 0 Å². The van der Waals surface area contributed by atoms with Gasteiger partial charge in [0.05, 0.1) is 6.04 Å². The summed E-state index contributed by atoms with van der Waals surface area (Å²) in [5.41, 5.74) is 7.83. The van der Waals surface area contributed by atoms with Gasteiger partial charge in [-0.3, -0.25) is 4.79 Å². The quantitative estimate of drug-likeness (QED) is 0.647. The van der Waals surface area contributed by atoms with Crippen LogP contribution in [0.2, 0.25) is 0 Å². The van der Waals surface area contributed by atoms with Gasteiger partial charge in [-0.05, 0) is 42.7 Å². The van der Waals surface area contributed by atoms with Crippen molar-refractivity contribution in [3.8, 4) is 11.8 Å². The Morgan fingerprint density at radius 2 is 2.42 bits per heavy atom. The molecule has 0 radical (unpaired) electrons. The fraction of sp³-hybridized carbons (Fsp3) is 0.316. The Labute approximate surface area is 156 Å². The number of benzene rings is 1. The van der Waals surface area contributed by atoms with Crippen LogP contribution in [-0.2, 0) is 11.2 Å². The van der Waals surface area contributed by atoms with Gasteiger partial charge in [0.2, 0.25) is 0 Å². The molecule has 26 heavy (non-hydrogen) atoms. The van der Waals surface area contributed by atoms with Crippen LogP contribution < -0.4 is 10.5 Å². The van der Waals surface area contributed by atoms with Crippen LogP contribution in [0.25, 0.3) is 6.08 Å².